The largest absolute Gasteiger partial charge is 0.464 e. The van der Waals surface area contributed by atoms with Crippen LogP contribution in [0.2, 0.25) is 0 Å². The van der Waals surface area contributed by atoms with Gasteiger partial charge >= 0.3 is 5.97 Å². The predicted molar refractivity (Wildman–Crippen MR) is 161 cm³/mol. The first-order chi connectivity index (χ1) is 20.0. The molecule has 1 aromatic carbocycles. The number of benzene rings is 1. The van der Waals surface area contributed by atoms with Crippen LogP contribution in [0.15, 0.2) is 30.3 Å². The topological polar surface area (TPSA) is 116 Å². The Morgan fingerprint density at radius 1 is 1.02 bits per heavy atom. The van der Waals surface area contributed by atoms with Crippen LogP contribution in [0.4, 0.5) is 0 Å². The summed E-state index contributed by atoms with van der Waals surface area (Å²) in [6, 6.07) is 8.93. The van der Waals surface area contributed by atoms with Gasteiger partial charge < -0.3 is 25.4 Å². The Balaban J connectivity index is 1.23. The average molecular weight is 584 g/mol. The van der Waals surface area contributed by atoms with Crippen molar-refractivity contribution < 1.29 is 29.6 Å². The van der Waals surface area contributed by atoms with Crippen LogP contribution >= 0.6 is 0 Å². The number of fused-ring (bicyclic) bond motifs is 5. The molecule has 1 aromatic rings. The van der Waals surface area contributed by atoms with Gasteiger partial charge in [0.05, 0.1) is 24.9 Å². The van der Waals surface area contributed by atoms with Crippen LogP contribution in [0.25, 0.3) is 0 Å². The third kappa shape index (κ3) is 5.78. The number of rotatable bonds is 9. The third-order valence-corrected chi connectivity index (χ3v) is 12.5. The summed E-state index contributed by atoms with van der Waals surface area (Å²) in [4.78, 5) is 25.7. The molecule has 7 nitrogen and oxygen atoms in total. The van der Waals surface area contributed by atoms with Gasteiger partial charge in [-0.2, -0.15) is 0 Å². The van der Waals surface area contributed by atoms with Crippen molar-refractivity contribution in [2.75, 3.05) is 6.61 Å². The Bertz CT molecular complexity index is 1100. The number of hydrogen-bond acceptors (Lipinski definition) is 6. The SMILES string of the molecule is CCOC(=O)[C@H](Cc1ccccc1)NC(=O)CC[C@@H](C)[C@H]1CC[C@H]2[C@@H]3[C@H](O)C[C@@H]4C[C@H](O)CC[C@]4(C)[C@H]3C[C@H](O)[C@]12C. The lowest BCUT2D eigenvalue weighted by molar-refractivity contribution is -0.207. The molecule has 0 aliphatic heterocycles. The van der Waals surface area contributed by atoms with Gasteiger partial charge in [-0.3, -0.25) is 4.79 Å². The van der Waals surface area contributed by atoms with Gasteiger partial charge in [0.1, 0.15) is 6.04 Å². The van der Waals surface area contributed by atoms with Crippen molar-refractivity contribution in [1.82, 2.24) is 5.32 Å². The summed E-state index contributed by atoms with van der Waals surface area (Å²) in [6.07, 6.45) is 6.28. The highest BCUT2D eigenvalue weighted by Gasteiger charge is 2.65. The van der Waals surface area contributed by atoms with E-state index >= 15 is 0 Å². The molecule has 12 atom stereocenters. The zero-order valence-corrected chi connectivity index (χ0v) is 26.0. The number of hydrogen-bond donors (Lipinski definition) is 4. The first-order valence-electron chi connectivity index (χ1n) is 16.5. The zero-order valence-electron chi connectivity index (χ0n) is 26.0. The second kappa shape index (κ2) is 12.6. The van der Waals surface area contributed by atoms with E-state index in [1.807, 2.05) is 30.3 Å². The van der Waals surface area contributed by atoms with Crippen molar-refractivity contribution in [3.63, 3.8) is 0 Å². The lowest BCUT2D eigenvalue weighted by Gasteiger charge is -2.63. The van der Waals surface area contributed by atoms with Crippen LogP contribution < -0.4 is 5.32 Å². The van der Waals surface area contributed by atoms with E-state index in [1.165, 1.54) is 0 Å². The molecule has 0 spiro atoms. The molecule has 5 rings (SSSR count). The molecule has 0 unspecified atom stereocenters. The van der Waals surface area contributed by atoms with E-state index in [1.54, 1.807) is 6.92 Å². The van der Waals surface area contributed by atoms with E-state index in [0.717, 1.165) is 44.1 Å². The minimum Gasteiger partial charge on any atom is -0.464 e. The first-order valence-corrected chi connectivity index (χ1v) is 16.5. The van der Waals surface area contributed by atoms with Gasteiger partial charge in [0.2, 0.25) is 5.91 Å². The summed E-state index contributed by atoms with van der Waals surface area (Å²) in [7, 11) is 0. The van der Waals surface area contributed by atoms with E-state index in [2.05, 4.69) is 26.1 Å². The number of aliphatic hydroxyl groups excluding tert-OH is 3. The molecule has 4 aliphatic rings. The molecule has 0 heterocycles. The molecule has 4 N–H and O–H groups in total. The predicted octanol–water partition coefficient (Wildman–Crippen LogP) is 4.65. The van der Waals surface area contributed by atoms with Gasteiger partial charge in [-0.25, -0.2) is 4.79 Å². The van der Waals surface area contributed by atoms with E-state index < -0.39 is 18.1 Å². The lowest BCUT2D eigenvalue weighted by atomic mass is 9.43. The number of esters is 1. The van der Waals surface area contributed by atoms with Crippen LogP contribution in [-0.2, 0) is 20.7 Å². The molecule has 42 heavy (non-hydrogen) atoms. The molecule has 0 saturated heterocycles. The Kier molecular flexibility index (Phi) is 9.42. The summed E-state index contributed by atoms with van der Waals surface area (Å²) < 4.78 is 5.25. The van der Waals surface area contributed by atoms with E-state index in [-0.39, 0.29) is 65.1 Å². The summed E-state index contributed by atoms with van der Waals surface area (Å²) >= 11 is 0. The van der Waals surface area contributed by atoms with Crippen LogP contribution in [0.1, 0.15) is 91.0 Å². The fourth-order valence-corrected chi connectivity index (χ4v) is 10.2. The molecule has 7 heteroatoms. The standard InChI is InChI=1S/C35H53NO6/c1-5-42-33(41)28(17-22-9-7-6-8-10-22)36-31(40)14-11-21(2)25-12-13-26-32-27(20-30(39)35(25,26)4)34(3)16-15-24(37)18-23(34)19-29(32)38/h6-10,21,23-30,32,37-39H,5,11-20H2,1-4H3,(H,36,40)/t21-,23+,24-,25-,26+,27+,28+,29-,30+,32+,34+,35-/m1/s1. The summed E-state index contributed by atoms with van der Waals surface area (Å²) in [6.45, 7) is 8.84. The van der Waals surface area contributed by atoms with Gasteiger partial charge in [-0.15, -0.1) is 0 Å². The summed E-state index contributed by atoms with van der Waals surface area (Å²) in [5.74, 6) is 0.942. The molecule has 4 saturated carbocycles. The Morgan fingerprint density at radius 2 is 1.76 bits per heavy atom. The van der Waals surface area contributed by atoms with Crippen molar-refractivity contribution in [3.8, 4) is 0 Å². The molecule has 4 aliphatic carbocycles. The van der Waals surface area contributed by atoms with Gasteiger partial charge in [0.15, 0.2) is 0 Å². The highest BCUT2D eigenvalue weighted by molar-refractivity contribution is 5.84. The summed E-state index contributed by atoms with van der Waals surface area (Å²) in [5.41, 5.74) is 0.728. The lowest BCUT2D eigenvalue weighted by Crippen LogP contribution is -2.62. The fraction of sp³-hybridized carbons (Fsp3) is 0.771. The Morgan fingerprint density at radius 3 is 2.48 bits per heavy atom. The van der Waals surface area contributed by atoms with Crippen molar-refractivity contribution in [3.05, 3.63) is 35.9 Å². The molecule has 234 valence electrons. The average Bonchev–Trinajstić information content (AvgIpc) is 3.32. The zero-order chi connectivity index (χ0) is 30.2. The molecular formula is C35H53NO6. The molecule has 4 fully saturated rings. The van der Waals surface area contributed by atoms with Gasteiger partial charge in [0, 0.05) is 12.8 Å². The quantitative estimate of drug-likeness (QED) is 0.315. The van der Waals surface area contributed by atoms with Crippen molar-refractivity contribution in [1.29, 1.82) is 0 Å². The molecular weight excluding hydrogens is 530 g/mol. The maximum absolute atomic E-state index is 13.1. The second-order valence-electron chi connectivity index (χ2n) is 14.6. The smallest absolute Gasteiger partial charge is 0.328 e. The number of aliphatic hydroxyl groups is 3. The number of carbonyl (C=O) groups is 2. The van der Waals surface area contributed by atoms with E-state index in [0.29, 0.717) is 31.6 Å². The number of amides is 1. The maximum atomic E-state index is 13.1. The van der Waals surface area contributed by atoms with E-state index in [9.17, 15) is 24.9 Å². The van der Waals surface area contributed by atoms with Crippen LogP contribution in [0.3, 0.4) is 0 Å². The molecule has 0 bridgehead atoms. The Hall–Kier alpha value is -1.96. The van der Waals surface area contributed by atoms with Crippen LogP contribution in [-0.4, -0.2) is 58.2 Å². The number of nitrogens with one attached hydrogen (secondary N) is 1. The highest BCUT2D eigenvalue weighted by Crippen LogP contribution is 2.68. The maximum Gasteiger partial charge on any atom is 0.328 e. The summed E-state index contributed by atoms with van der Waals surface area (Å²) in [5, 5.41) is 36.6. The minimum atomic E-state index is -0.723. The first kappa shape index (κ1) is 31.5. The van der Waals surface area contributed by atoms with Gasteiger partial charge in [0.25, 0.3) is 0 Å². The van der Waals surface area contributed by atoms with Crippen molar-refractivity contribution in [2.45, 2.75) is 116 Å². The highest BCUT2D eigenvalue weighted by atomic mass is 16.5. The number of ether oxygens (including phenoxy) is 1. The van der Waals surface area contributed by atoms with Crippen molar-refractivity contribution >= 4 is 11.9 Å². The third-order valence-electron chi connectivity index (χ3n) is 12.5. The van der Waals surface area contributed by atoms with Crippen LogP contribution in [0, 0.1) is 46.3 Å². The molecule has 0 radical (unpaired) electrons. The van der Waals surface area contributed by atoms with E-state index in [4.69, 9.17) is 4.74 Å². The second-order valence-corrected chi connectivity index (χ2v) is 14.6. The van der Waals surface area contributed by atoms with Gasteiger partial charge in [-0.05, 0) is 110 Å². The van der Waals surface area contributed by atoms with Gasteiger partial charge in [-0.1, -0.05) is 51.1 Å². The fourth-order valence-electron chi connectivity index (χ4n) is 10.2. The minimum absolute atomic E-state index is 0.0580. The Labute approximate surface area is 251 Å². The normalized spacial score (nSPS) is 40.6. The monoisotopic (exact) mass is 583 g/mol. The van der Waals surface area contributed by atoms with Crippen molar-refractivity contribution in [2.24, 2.45) is 46.3 Å². The number of carbonyl (C=O) groups excluding carboxylic acids is 2. The molecule has 1 amide bonds. The van der Waals surface area contributed by atoms with Crippen LogP contribution in [0.5, 0.6) is 0 Å². The molecule has 0 aromatic heterocycles.